The number of ether oxygens (including phenoxy) is 1. The predicted molar refractivity (Wildman–Crippen MR) is 128 cm³/mol. The first-order valence-corrected chi connectivity index (χ1v) is 12.5. The van der Waals surface area contributed by atoms with Crippen molar-refractivity contribution in [1.82, 2.24) is 4.31 Å². The molecule has 2 aromatic rings. The molecule has 0 unspecified atom stereocenters. The van der Waals surface area contributed by atoms with Gasteiger partial charge in [-0.2, -0.15) is 4.31 Å². The molecule has 0 radical (unpaired) electrons. The standard InChI is InChI=1S/C24H33N3O4S/c1-5-31-23-10-9-21(32(29,30)27-11-7-6-8-12-27)16-22(23)25-24(28)17-26(4)20-14-18(2)13-19(3)15-20/h9-10,13-16H,5-8,11-12,17H2,1-4H3,(H,25,28). The molecule has 0 aliphatic carbocycles. The summed E-state index contributed by atoms with van der Waals surface area (Å²) in [5.74, 6) is 0.202. The van der Waals surface area contributed by atoms with Crippen LogP contribution in [-0.4, -0.2) is 51.9 Å². The topological polar surface area (TPSA) is 79.0 Å². The zero-order chi connectivity index (χ0) is 23.3. The number of rotatable bonds is 8. The lowest BCUT2D eigenvalue weighted by Gasteiger charge is -2.26. The molecule has 0 spiro atoms. The minimum absolute atomic E-state index is 0.123. The maximum atomic E-state index is 13.1. The minimum atomic E-state index is -3.61. The van der Waals surface area contributed by atoms with Crippen molar-refractivity contribution >= 4 is 27.3 Å². The maximum absolute atomic E-state index is 13.1. The van der Waals surface area contributed by atoms with Crippen LogP contribution in [-0.2, 0) is 14.8 Å². The van der Waals surface area contributed by atoms with Crippen molar-refractivity contribution in [3.8, 4) is 5.75 Å². The van der Waals surface area contributed by atoms with Crippen LogP contribution in [0.1, 0.15) is 37.3 Å². The van der Waals surface area contributed by atoms with Gasteiger partial charge in [-0.3, -0.25) is 4.79 Å². The van der Waals surface area contributed by atoms with Crippen LogP contribution in [0.15, 0.2) is 41.3 Å². The average Bonchev–Trinajstić information content (AvgIpc) is 2.75. The Labute approximate surface area is 191 Å². The van der Waals surface area contributed by atoms with Crippen molar-refractivity contribution < 1.29 is 17.9 Å². The number of amides is 1. The summed E-state index contributed by atoms with van der Waals surface area (Å²) in [6.45, 7) is 7.47. The SMILES string of the molecule is CCOc1ccc(S(=O)(=O)N2CCCCC2)cc1NC(=O)CN(C)c1cc(C)cc(C)c1. The molecule has 2 aromatic carbocycles. The van der Waals surface area contributed by atoms with Crippen LogP contribution in [0.3, 0.4) is 0 Å². The van der Waals surface area contributed by atoms with Gasteiger partial charge >= 0.3 is 0 Å². The van der Waals surface area contributed by atoms with Gasteiger partial charge in [0.25, 0.3) is 0 Å². The van der Waals surface area contributed by atoms with Crippen LogP contribution in [0, 0.1) is 13.8 Å². The molecular weight excluding hydrogens is 426 g/mol. The molecule has 0 bridgehead atoms. The van der Waals surface area contributed by atoms with Crippen molar-refractivity contribution in [2.24, 2.45) is 0 Å². The molecule has 1 aliphatic rings. The van der Waals surface area contributed by atoms with Gasteiger partial charge in [0.2, 0.25) is 15.9 Å². The molecule has 7 nitrogen and oxygen atoms in total. The van der Waals surface area contributed by atoms with E-state index in [-0.39, 0.29) is 17.3 Å². The summed E-state index contributed by atoms with van der Waals surface area (Å²) in [4.78, 5) is 14.8. The Kier molecular flexibility index (Phi) is 7.79. The zero-order valence-corrected chi connectivity index (χ0v) is 20.2. The Morgan fingerprint density at radius 2 is 1.72 bits per heavy atom. The number of hydrogen-bond acceptors (Lipinski definition) is 5. The molecule has 1 aliphatic heterocycles. The highest BCUT2D eigenvalue weighted by atomic mass is 32.2. The molecule has 0 saturated carbocycles. The maximum Gasteiger partial charge on any atom is 0.243 e. The van der Waals surface area contributed by atoms with E-state index in [2.05, 4.69) is 11.4 Å². The fourth-order valence-corrected chi connectivity index (χ4v) is 5.51. The quantitative estimate of drug-likeness (QED) is 0.647. The van der Waals surface area contributed by atoms with Crippen LogP contribution in [0.25, 0.3) is 0 Å². The van der Waals surface area contributed by atoms with E-state index in [4.69, 9.17) is 4.74 Å². The summed E-state index contributed by atoms with van der Waals surface area (Å²) >= 11 is 0. The summed E-state index contributed by atoms with van der Waals surface area (Å²) in [7, 11) is -1.76. The van der Waals surface area contributed by atoms with Gasteiger partial charge in [-0.1, -0.05) is 12.5 Å². The monoisotopic (exact) mass is 459 g/mol. The molecule has 8 heteroatoms. The highest BCUT2D eigenvalue weighted by Gasteiger charge is 2.27. The second kappa shape index (κ2) is 10.4. The fourth-order valence-electron chi connectivity index (χ4n) is 3.97. The van der Waals surface area contributed by atoms with Gasteiger partial charge in [0.05, 0.1) is 23.7 Å². The van der Waals surface area contributed by atoms with E-state index in [1.165, 1.54) is 10.4 Å². The van der Waals surface area contributed by atoms with Gasteiger partial charge in [-0.25, -0.2) is 8.42 Å². The van der Waals surface area contributed by atoms with Crippen molar-refractivity contribution in [2.75, 3.05) is 43.5 Å². The summed E-state index contributed by atoms with van der Waals surface area (Å²) in [6.07, 6.45) is 2.78. The van der Waals surface area contributed by atoms with Crippen molar-refractivity contribution in [3.63, 3.8) is 0 Å². The van der Waals surface area contributed by atoms with E-state index in [0.717, 1.165) is 36.1 Å². The number of piperidine rings is 1. The summed E-state index contributed by atoms with van der Waals surface area (Å²) < 4.78 is 33.3. The molecule has 1 saturated heterocycles. The first-order valence-electron chi connectivity index (χ1n) is 11.1. The number of aryl methyl sites for hydroxylation is 2. The lowest BCUT2D eigenvalue weighted by molar-refractivity contribution is -0.114. The van der Waals surface area contributed by atoms with Gasteiger partial charge in [0.1, 0.15) is 5.75 Å². The third kappa shape index (κ3) is 5.81. The van der Waals surface area contributed by atoms with Crippen molar-refractivity contribution in [1.29, 1.82) is 0 Å². The normalized spacial score (nSPS) is 14.8. The lowest BCUT2D eigenvalue weighted by atomic mass is 10.1. The molecule has 0 atom stereocenters. The molecule has 1 amide bonds. The largest absolute Gasteiger partial charge is 0.492 e. The summed E-state index contributed by atoms with van der Waals surface area (Å²) in [5.41, 5.74) is 3.57. The first-order chi connectivity index (χ1) is 15.2. The second-order valence-electron chi connectivity index (χ2n) is 8.31. The number of sulfonamides is 1. The predicted octanol–water partition coefficient (Wildman–Crippen LogP) is 3.95. The number of likely N-dealkylation sites (N-methyl/N-ethyl adjacent to an activating group) is 1. The molecule has 0 aromatic heterocycles. The Balaban J connectivity index is 1.80. The molecular formula is C24H33N3O4S. The van der Waals surface area contributed by atoms with E-state index in [1.807, 2.05) is 44.9 Å². The molecule has 174 valence electrons. The van der Waals surface area contributed by atoms with E-state index in [9.17, 15) is 13.2 Å². The Hall–Kier alpha value is -2.58. The van der Waals surface area contributed by atoms with Crippen molar-refractivity contribution in [2.45, 2.75) is 44.9 Å². The number of anilines is 2. The average molecular weight is 460 g/mol. The fraction of sp³-hybridized carbons (Fsp3) is 0.458. The van der Waals surface area contributed by atoms with E-state index < -0.39 is 10.0 Å². The number of benzene rings is 2. The van der Waals surface area contributed by atoms with Crippen LogP contribution in [0.5, 0.6) is 5.75 Å². The Bertz CT molecular complexity index is 1040. The summed E-state index contributed by atoms with van der Waals surface area (Å²) in [5, 5.41) is 2.85. The van der Waals surface area contributed by atoms with E-state index >= 15 is 0 Å². The minimum Gasteiger partial charge on any atom is -0.492 e. The highest BCUT2D eigenvalue weighted by Crippen LogP contribution is 2.30. The van der Waals surface area contributed by atoms with Crippen LogP contribution < -0.4 is 15.0 Å². The van der Waals surface area contributed by atoms with Crippen LogP contribution in [0.2, 0.25) is 0 Å². The molecule has 32 heavy (non-hydrogen) atoms. The van der Waals surface area contributed by atoms with Crippen LogP contribution in [0.4, 0.5) is 11.4 Å². The number of carbonyl (C=O) groups excluding carboxylic acids is 1. The number of carbonyl (C=O) groups is 1. The zero-order valence-electron chi connectivity index (χ0n) is 19.3. The second-order valence-corrected chi connectivity index (χ2v) is 10.2. The molecule has 1 fully saturated rings. The van der Waals surface area contributed by atoms with Gasteiger partial charge in [0, 0.05) is 25.8 Å². The van der Waals surface area contributed by atoms with Gasteiger partial charge < -0.3 is 15.0 Å². The molecule has 1 heterocycles. The number of nitrogens with one attached hydrogen (secondary N) is 1. The van der Waals surface area contributed by atoms with Gasteiger partial charge in [0.15, 0.2) is 0 Å². The van der Waals surface area contributed by atoms with Crippen molar-refractivity contribution in [3.05, 3.63) is 47.5 Å². The van der Waals surface area contributed by atoms with Gasteiger partial charge in [-0.05, 0) is 75.1 Å². The van der Waals surface area contributed by atoms with E-state index in [1.54, 1.807) is 12.1 Å². The first kappa shape index (κ1) is 24.1. The highest BCUT2D eigenvalue weighted by molar-refractivity contribution is 7.89. The Morgan fingerprint density at radius 3 is 2.34 bits per heavy atom. The van der Waals surface area contributed by atoms with E-state index in [0.29, 0.717) is 31.1 Å². The third-order valence-electron chi connectivity index (χ3n) is 5.51. The summed E-state index contributed by atoms with van der Waals surface area (Å²) in [6, 6.07) is 10.8. The van der Waals surface area contributed by atoms with Gasteiger partial charge in [-0.15, -0.1) is 0 Å². The third-order valence-corrected chi connectivity index (χ3v) is 7.40. The number of hydrogen-bond donors (Lipinski definition) is 1. The lowest BCUT2D eigenvalue weighted by Crippen LogP contribution is -2.35. The smallest absolute Gasteiger partial charge is 0.243 e. The Morgan fingerprint density at radius 1 is 1.06 bits per heavy atom. The number of nitrogens with zero attached hydrogens (tertiary/aromatic N) is 2. The molecule has 1 N–H and O–H groups in total. The molecule has 3 rings (SSSR count). The van der Waals surface area contributed by atoms with Crippen LogP contribution >= 0.6 is 0 Å².